The van der Waals surface area contributed by atoms with Gasteiger partial charge < -0.3 is 14.8 Å². The lowest BCUT2D eigenvalue weighted by Crippen LogP contribution is -2.32. The lowest BCUT2D eigenvalue weighted by molar-refractivity contribution is -0.118. The molecule has 0 aliphatic carbocycles. The summed E-state index contributed by atoms with van der Waals surface area (Å²) < 4.78 is 2.06. The van der Waals surface area contributed by atoms with Crippen molar-refractivity contribution in [2.45, 2.75) is 25.0 Å². The predicted octanol–water partition coefficient (Wildman–Crippen LogP) is 3.37. The van der Waals surface area contributed by atoms with Crippen LogP contribution in [0.25, 0.3) is 0 Å². The second-order valence-electron chi connectivity index (χ2n) is 7.63. The van der Waals surface area contributed by atoms with Crippen LogP contribution in [0.15, 0.2) is 65.8 Å². The highest BCUT2D eigenvalue weighted by atomic mass is 32.2. The Morgan fingerprint density at radius 2 is 1.83 bits per heavy atom. The first-order chi connectivity index (χ1) is 14.7. The molecule has 156 valence electrons. The van der Waals surface area contributed by atoms with Gasteiger partial charge in [0.15, 0.2) is 5.16 Å². The molecular formula is C23H27N5OS. The number of amides is 1. The Bertz CT molecular complexity index is 960. The maximum atomic E-state index is 12.4. The first kappa shape index (κ1) is 20.5. The number of carbonyl (C=O) groups is 1. The highest BCUT2D eigenvalue weighted by Gasteiger charge is 2.23. The van der Waals surface area contributed by atoms with Crippen molar-refractivity contribution in [1.29, 1.82) is 0 Å². The Morgan fingerprint density at radius 3 is 2.60 bits per heavy atom. The minimum Gasteiger partial charge on any atom is -0.371 e. The number of nitrogens with one attached hydrogen (secondary N) is 1. The molecule has 1 fully saturated rings. The molecule has 1 aliphatic heterocycles. The van der Waals surface area contributed by atoms with Crippen molar-refractivity contribution in [1.82, 2.24) is 20.1 Å². The zero-order chi connectivity index (χ0) is 20.8. The van der Waals surface area contributed by atoms with Gasteiger partial charge in [0.25, 0.3) is 0 Å². The zero-order valence-corrected chi connectivity index (χ0v) is 18.0. The molecule has 1 saturated heterocycles. The molecule has 2 heterocycles. The van der Waals surface area contributed by atoms with Gasteiger partial charge in [0.1, 0.15) is 5.82 Å². The van der Waals surface area contributed by atoms with E-state index in [0.29, 0.717) is 18.2 Å². The van der Waals surface area contributed by atoms with Gasteiger partial charge in [0, 0.05) is 25.3 Å². The van der Waals surface area contributed by atoms with Gasteiger partial charge in [0.05, 0.1) is 12.3 Å². The van der Waals surface area contributed by atoms with Crippen LogP contribution in [-0.4, -0.2) is 46.1 Å². The van der Waals surface area contributed by atoms with Gasteiger partial charge in [-0.2, -0.15) is 0 Å². The quantitative estimate of drug-likeness (QED) is 0.565. The van der Waals surface area contributed by atoms with E-state index < -0.39 is 0 Å². The molecule has 0 spiro atoms. The highest BCUT2D eigenvalue weighted by molar-refractivity contribution is 7.99. The monoisotopic (exact) mass is 421 g/mol. The average molecular weight is 422 g/mol. The number of rotatable bonds is 8. The molecule has 1 N–H and O–H groups in total. The Labute approximate surface area is 181 Å². The number of anilines is 1. The molecule has 2 aromatic carbocycles. The van der Waals surface area contributed by atoms with Crippen molar-refractivity contribution in [2.24, 2.45) is 5.92 Å². The number of hydrogen-bond acceptors (Lipinski definition) is 5. The smallest absolute Gasteiger partial charge is 0.230 e. The van der Waals surface area contributed by atoms with E-state index in [1.165, 1.54) is 23.0 Å². The van der Waals surface area contributed by atoms with Crippen LogP contribution in [0.2, 0.25) is 0 Å². The van der Waals surface area contributed by atoms with E-state index in [2.05, 4.69) is 61.4 Å². The van der Waals surface area contributed by atoms with Gasteiger partial charge >= 0.3 is 0 Å². The van der Waals surface area contributed by atoms with Crippen molar-refractivity contribution in [3.63, 3.8) is 0 Å². The number of para-hydroxylation sites is 1. The molecule has 3 aromatic rings. The molecule has 1 atom stereocenters. The normalized spacial score (nSPS) is 16.0. The molecule has 6 nitrogen and oxygen atoms in total. The standard InChI is InChI=1S/C23H27N5OS/c1-18-25-26-23(28(18)16-19-8-4-2-5-9-19)30-17-22(29)24-14-20-12-13-27(15-20)21-10-6-3-7-11-21/h2-11,20H,12-17H2,1H3,(H,24,29). The lowest BCUT2D eigenvalue weighted by Gasteiger charge is -2.18. The molecule has 0 saturated carbocycles. The maximum Gasteiger partial charge on any atom is 0.230 e. The fraction of sp³-hybridized carbons (Fsp3) is 0.348. The third-order valence-electron chi connectivity index (χ3n) is 5.41. The van der Waals surface area contributed by atoms with E-state index in [-0.39, 0.29) is 5.91 Å². The van der Waals surface area contributed by atoms with E-state index in [1.807, 2.05) is 31.2 Å². The van der Waals surface area contributed by atoms with Crippen molar-refractivity contribution in [3.05, 3.63) is 72.1 Å². The summed E-state index contributed by atoms with van der Waals surface area (Å²) in [5.74, 6) is 1.74. The molecule has 1 unspecified atom stereocenters. The second kappa shape index (κ2) is 9.80. The number of thioether (sulfide) groups is 1. The van der Waals surface area contributed by atoms with E-state index >= 15 is 0 Å². The summed E-state index contributed by atoms with van der Waals surface area (Å²) in [6, 6.07) is 20.7. The summed E-state index contributed by atoms with van der Waals surface area (Å²) in [6.45, 7) is 5.40. The summed E-state index contributed by atoms with van der Waals surface area (Å²) >= 11 is 1.44. The first-order valence-electron chi connectivity index (χ1n) is 10.3. The topological polar surface area (TPSA) is 63.1 Å². The molecule has 4 rings (SSSR count). The minimum absolute atomic E-state index is 0.0464. The molecule has 0 radical (unpaired) electrons. The van der Waals surface area contributed by atoms with E-state index in [0.717, 1.165) is 37.0 Å². The third-order valence-corrected chi connectivity index (χ3v) is 6.38. The number of carbonyl (C=O) groups excluding carboxylic acids is 1. The third kappa shape index (κ3) is 5.21. The fourth-order valence-electron chi connectivity index (χ4n) is 3.73. The number of nitrogens with zero attached hydrogens (tertiary/aromatic N) is 4. The molecule has 0 bridgehead atoms. The van der Waals surface area contributed by atoms with Crippen LogP contribution in [0.3, 0.4) is 0 Å². The average Bonchev–Trinajstić information content (AvgIpc) is 3.40. The van der Waals surface area contributed by atoms with E-state index in [9.17, 15) is 4.79 Å². The molecule has 30 heavy (non-hydrogen) atoms. The van der Waals surface area contributed by atoms with Gasteiger partial charge in [-0.25, -0.2) is 0 Å². The highest BCUT2D eigenvalue weighted by Crippen LogP contribution is 2.23. The summed E-state index contributed by atoms with van der Waals surface area (Å²) in [7, 11) is 0. The molecule has 7 heteroatoms. The van der Waals surface area contributed by atoms with Crippen LogP contribution in [0.1, 0.15) is 17.8 Å². The summed E-state index contributed by atoms with van der Waals surface area (Å²) in [4.78, 5) is 14.8. The van der Waals surface area contributed by atoms with Crippen molar-refractivity contribution in [3.8, 4) is 0 Å². The minimum atomic E-state index is 0.0464. The largest absolute Gasteiger partial charge is 0.371 e. The number of aromatic nitrogens is 3. The summed E-state index contributed by atoms with van der Waals surface area (Å²) in [5, 5.41) is 12.3. The van der Waals surface area contributed by atoms with E-state index in [4.69, 9.17) is 0 Å². The lowest BCUT2D eigenvalue weighted by atomic mass is 10.1. The Hall–Kier alpha value is -2.80. The van der Waals surface area contributed by atoms with Gasteiger partial charge in [-0.3, -0.25) is 4.79 Å². The predicted molar refractivity (Wildman–Crippen MR) is 121 cm³/mol. The van der Waals surface area contributed by atoms with Crippen molar-refractivity contribution < 1.29 is 4.79 Å². The molecule has 1 amide bonds. The summed E-state index contributed by atoms with van der Waals surface area (Å²) in [6.07, 6.45) is 1.10. The molecule has 1 aliphatic rings. The first-order valence-corrected chi connectivity index (χ1v) is 11.3. The van der Waals surface area contributed by atoms with Crippen LogP contribution in [-0.2, 0) is 11.3 Å². The maximum absolute atomic E-state index is 12.4. The van der Waals surface area contributed by atoms with Crippen LogP contribution < -0.4 is 10.2 Å². The van der Waals surface area contributed by atoms with Crippen molar-refractivity contribution in [2.75, 3.05) is 30.3 Å². The van der Waals surface area contributed by atoms with Crippen molar-refractivity contribution >= 4 is 23.4 Å². The van der Waals surface area contributed by atoms with Crippen LogP contribution >= 0.6 is 11.8 Å². The fourth-order valence-corrected chi connectivity index (χ4v) is 4.54. The Morgan fingerprint density at radius 1 is 1.10 bits per heavy atom. The Balaban J connectivity index is 1.24. The van der Waals surface area contributed by atoms with Gasteiger partial charge in [-0.15, -0.1) is 10.2 Å². The van der Waals surface area contributed by atoms with Crippen LogP contribution in [0.5, 0.6) is 0 Å². The SMILES string of the molecule is Cc1nnc(SCC(=O)NCC2CCN(c3ccccc3)C2)n1Cc1ccccc1. The van der Waals surface area contributed by atoms with Crippen LogP contribution in [0.4, 0.5) is 5.69 Å². The Kier molecular flexibility index (Phi) is 6.69. The van der Waals surface area contributed by atoms with E-state index in [1.54, 1.807) is 0 Å². The molecular weight excluding hydrogens is 394 g/mol. The number of benzene rings is 2. The molecule has 1 aromatic heterocycles. The second-order valence-corrected chi connectivity index (χ2v) is 8.57. The number of aryl methyl sites for hydroxylation is 1. The van der Waals surface area contributed by atoms with Gasteiger partial charge in [0.2, 0.25) is 5.91 Å². The van der Waals surface area contributed by atoms with Gasteiger partial charge in [-0.1, -0.05) is 60.3 Å². The number of hydrogen-bond donors (Lipinski definition) is 1. The van der Waals surface area contributed by atoms with Crippen LogP contribution in [0, 0.1) is 12.8 Å². The summed E-state index contributed by atoms with van der Waals surface area (Å²) in [5.41, 5.74) is 2.45. The zero-order valence-electron chi connectivity index (χ0n) is 17.2. The van der Waals surface area contributed by atoms with Gasteiger partial charge in [-0.05, 0) is 37.0 Å².